The second-order valence-electron chi connectivity index (χ2n) is 4.98. The van der Waals surface area contributed by atoms with Crippen LogP contribution in [0.15, 0.2) is 72.5 Å². The smallest absolute Gasteiger partial charge is 0.182 e. The van der Waals surface area contributed by atoms with Crippen molar-refractivity contribution in [2.75, 3.05) is 7.11 Å². The topological polar surface area (TPSA) is 66.8 Å². The zero-order valence-electron chi connectivity index (χ0n) is 13.2. The molecule has 0 atom stereocenters. The molecule has 0 radical (unpaired) electrons. The zero-order valence-corrected chi connectivity index (χ0v) is 13.2. The SMILES string of the molecule is COc1ccc(/C=C/C(O)=C/C(=O)/C=C/c2ccccc2)cc1O. The number of aliphatic hydroxyl groups excluding tert-OH is 1. The van der Waals surface area contributed by atoms with Gasteiger partial charge in [0.05, 0.1) is 7.11 Å². The van der Waals surface area contributed by atoms with E-state index in [1.54, 1.807) is 24.3 Å². The Balaban J connectivity index is 2.01. The van der Waals surface area contributed by atoms with Crippen LogP contribution in [0.5, 0.6) is 11.5 Å². The minimum atomic E-state index is -0.321. The normalized spacial score (nSPS) is 12.0. The number of carbonyl (C=O) groups is 1. The van der Waals surface area contributed by atoms with Gasteiger partial charge in [0.25, 0.3) is 0 Å². The van der Waals surface area contributed by atoms with Gasteiger partial charge >= 0.3 is 0 Å². The molecule has 0 aliphatic carbocycles. The summed E-state index contributed by atoms with van der Waals surface area (Å²) in [6.45, 7) is 0. The van der Waals surface area contributed by atoms with Crippen molar-refractivity contribution in [3.05, 3.63) is 83.6 Å². The van der Waals surface area contributed by atoms with Crippen LogP contribution in [-0.4, -0.2) is 23.1 Å². The lowest BCUT2D eigenvalue weighted by atomic mass is 10.1. The van der Waals surface area contributed by atoms with Crippen LogP contribution in [0.1, 0.15) is 11.1 Å². The molecule has 122 valence electrons. The summed E-state index contributed by atoms with van der Waals surface area (Å²) in [6, 6.07) is 14.2. The van der Waals surface area contributed by atoms with Gasteiger partial charge in [0, 0.05) is 6.08 Å². The standard InChI is InChI=1S/C20H18O4/c1-24-20-12-9-16(13-19(20)23)8-11-18(22)14-17(21)10-7-15-5-3-2-4-6-15/h2-14,22-23H,1H3/b10-7+,11-8+,18-14-. The van der Waals surface area contributed by atoms with Gasteiger partial charge in [-0.1, -0.05) is 48.6 Å². The van der Waals surface area contributed by atoms with Gasteiger partial charge in [-0.05, 0) is 35.4 Å². The Hall–Kier alpha value is -3.27. The lowest BCUT2D eigenvalue weighted by molar-refractivity contribution is -0.110. The van der Waals surface area contributed by atoms with Crippen molar-refractivity contribution >= 4 is 17.9 Å². The predicted octanol–water partition coefficient (Wildman–Crippen LogP) is 4.14. The van der Waals surface area contributed by atoms with Crippen molar-refractivity contribution in [2.24, 2.45) is 0 Å². The number of hydrogen-bond acceptors (Lipinski definition) is 4. The van der Waals surface area contributed by atoms with Crippen molar-refractivity contribution in [1.82, 2.24) is 0 Å². The van der Waals surface area contributed by atoms with Crippen LogP contribution in [-0.2, 0) is 4.79 Å². The van der Waals surface area contributed by atoms with Crippen LogP contribution in [0.3, 0.4) is 0 Å². The molecule has 0 spiro atoms. The summed E-state index contributed by atoms with van der Waals surface area (Å²) in [5.74, 6) is -0.121. The van der Waals surface area contributed by atoms with Gasteiger partial charge < -0.3 is 14.9 Å². The van der Waals surface area contributed by atoms with Gasteiger partial charge in [0.15, 0.2) is 17.3 Å². The molecule has 0 aliphatic heterocycles. The molecule has 0 saturated carbocycles. The van der Waals surface area contributed by atoms with E-state index in [1.807, 2.05) is 30.3 Å². The maximum absolute atomic E-state index is 11.8. The molecule has 0 saturated heterocycles. The number of benzene rings is 2. The van der Waals surface area contributed by atoms with Crippen LogP contribution in [0.2, 0.25) is 0 Å². The summed E-state index contributed by atoms with van der Waals surface area (Å²) in [7, 11) is 1.47. The Morgan fingerprint density at radius 3 is 2.38 bits per heavy atom. The molecule has 2 aromatic rings. The average Bonchev–Trinajstić information content (AvgIpc) is 2.59. The van der Waals surface area contributed by atoms with Crippen LogP contribution in [0.4, 0.5) is 0 Å². The number of phenols is 1. The second kappa shape index (κ2) is 8.39. The van der Waals surface area contributed by atoms with E-state index in [2.05, 4.69) is 0 Å². The molecule has 0 bridgehead atoms. The van der Waals surface area contributed by atoms with Crippen LogP contribution in [0, 0.1) is 0 Å². The highest BCUT2D eigenvalue weighted by Crippen LogP contribution is 2.26. The quantitative estimate of drug-likeness (QED) is 0.476. The van der Waals surface area contributed by atoms with E-state index in [0.717, 1.165) is 11.6 Å². The van der Waals surface area contributed by atoms with E-state index < -0.39 is 0 Å². The second-order valence-corrected chi connectivity index (χ2v) is 4.98. The summed E-state index contributed by atoms with van der Waals surface area (Å²) in [5, 5.41) is 19.5. The van der Waals surface area contributed by atoms with Gasteiger partial charge in [-0.3, -0.25) is 4.79 Å². The Morgan fingerprint density at radius 2 is 1.71 bits per heavy atom. The van der Waals surface area contributed by atoms with E-state index in [1.165, 1.54) is 25.3 Å². The first-order valence-corrected chi connectivity index (χ1v) is 7.31. The molecule has 0 aliphatic rings. The molecule has 4 heteroatoms. The van der Waals surface area contributed by atoms with E-state index in [-0.39, 0.29) is 17.3 Å². The fourth-order valence-corrected chi connectivity index (χ4v) is 1.98. The molecule has 0 fully saturated rings. The molecule has 24 heavy (non-hydrogen) atoms. The largest absolute Gasteiger partial charge is 0.508 e. The lowest BCUT2D eigenvalue weighted by Crippen LogP contribution is -1.88. The molecule has 0 unspecified atom stereocenters. The highest BCUT2D eigenvalue weighted by molar-refractivity contribution is 6.02. The van der Waals surface area contributed by atoms with Gasteiger partial charge in [0.2, 0.25) is 0 Å². The number of aliphatic hydroxyl groups is 1. The van der Waals surface area contributed by atoms with E-state index in [9.17, 15) is 15.0 Å². The number of allylic oxidation sites excluding steroid dienone is 3. The third kappa shape index (κ3) is 5.18. The number of ketones is 1. The van der Waals surface area contributed by atoms with E-state index in [4.69, 9.17) is 4.74 Å². The number of ether oxygens (including phenoxy) is 1. The van der Waals surface area contributed by atoms with Gasteiger partial charge in [0.1, 0.15) is 5.76 Å². The predicted molar refractivity (Wildman–Crippen MR) is 94.9 cm³/mol. The Bertz CT molecular complexity index is 787. The average molecular weight is 322 g/mol. The maximum atomic E-state index is 11.8. The Labute approximate surface area is 140 Å². The number of carbonyl (C=O) groups excluding carboxylic acids is 1. The third-order valence-electron chi connectivity index (χ3n) is 3.18. The Kier molecular flexibility index (Phi) is 5.97. The summed E-state index contributed by atoms with van der Waals surface area (Å²) in [6.07, 6.45) is 7.16. The minimum Gasteiger partial charge on any atom is -0.508 e. The van der Waals surface area contributed by atoms with Crippen molar-refractivity contribution in [3.63, 3.8) is 0 Å². The number of rotatable bonds is 6. The molecule has 2 N–H and O–H groups in total. The first-order valence-electron chi connectivity index (χ1n) is 7.31. The maximum Gasteiger partial charge on any atom is 0.182 e. The lowest BCUT2D eigenvalue weighted by Gasteiger charge is -2.03. The summed E-state index contributed by atoms with van der Waals surface area (Å²) in [4.78, 5) is 11.8. The third-order valence-corrected chi connectivity index (χ3v) is 3.18. The fraction of sp³-hybridized carbons (Fsp3) is 0.0500. The molecular formula is C20H18O4. The number of methoxy groups -OCH3 is 1. The highest BCUT2D eigenvalue weighted by atomic mass is 16.5. The van der Waals surface area contributed by atoms with Crippen molar-refractivity contribution in [3.8, 4) is 11.5 Å². The van der Waals surface area contributed by atoms with Gasteiger partial charge in [-0.2, -0.15) is 0 Å². The van der Waals surface area contributed by atoms with E-state index in [0.29, 0.717) is 11.3 Å². The minimum absolute atomic E-state index is 0.00462. The summed E-state index contributed by atoms with van der Waals surface area (Å²) >= 11 is 0. The van der Waals surface area contributed by atoms with E-state index >= 15 is 0 Å². The monoisotopic (exact) mass is 322 g/mol. The number of phenolic OH excluding ortho intramolecular Hbond substituents is 1. The molecular weight excluding hydrogens is 304 g/mol. The van der Waals surface area contributed by atoms with Crippen molar-refractivity contribution < 1.29 is 19.7 Å². The van der Waals surface area contributed by atoms with Crippen molar-refractivity contribution in [2.45, 2.75) is 0 Å². The van der Waals surface area contributed by atoms with Gasteiger partial charge in [-0.25, -0.2) is 0 Å². The number of aromatic hydroxyl groups is 1. The van der Waals surface area contributed by atoms with Crippen molar-refractivity contribution in [1.29, 1.82) is 0 Å². The Morgan fingerprint density at radius 1 is 1.00 bits per heavy atom. The molecule has 0 amide bonds. The number of hydrogen-bond donors (Lipinski definition) is 2. The van der Waals surface area contributed by atoms with Crippen LogP contribution >= 0.6 is 0 Å². The highest BCUT2D eigenvalue weighted by Gasteiger charge is 2.00. The molecule has 0 aromatic heterocycles. The molecule has 4 nitrogen and oxygen atoms in total. The molecule has 2 aromatic carbocycles. The summed E-state index contributed by atoms with van der Waals surface area (Å²) in [5.41, 5.74) is 1.57. The van der Waals surface area contributed by atoms with Crippen LogP contribution < -0.4 is 4.74 Å². The van der Waals surface area contributed by atoms with Gasteiger partial charge in [-0.15, -0.1) is 0 Å². The fourth-order valence-electron chi connectivity index (χ4n) is 1.98. The first-order chi connectivity index (χ1) is 11.6. The van der Waals surface area contributed by atoms with Crippen LogP contribution in [0.25, 0.3) is 12.2 Å². The summed E-state index contributed by atoms with van der Waals surface area (Å²) < 4.78 is 4.95. The first kappa shape index (κ1) is 17.1. The molecule has 2 rings (SSSR count). The zero-order chi connectivity index (χ0) is 17.4. The molecule has 0 heterocycles.